The summed E-state index contributed by atoms with van der Waals surface area (Å²) in [5.74, 6) is -6.15. The molecule has 0 fully saturated rings. The van der Waals surface area contributed by atoms with Crippen molar-refractivity contribution in [3.05, 3.63) is 0 Å². The molecule has 0 saturated heterocycles. The molecule has 0 radical (unpaired) electrons. The molecular formula is C20H36O7. The standard InChI is InChI=1S/C20H36O7/c1-2-3-4-5-6-7-8-9-10-11-12-13-14-16(18(23)24)20(27,19(25)26)15-17(21)22/h16,27H,2-15H2,1H3,(H,21,22)(H,23,24)(H,25,26)/i/hD. The molecule has 0 spiro atoms. The van der Waals surface area contributed by atoms with E-state index in [1.54, 1.807) is 0 Å². The summed E-state index contributed by atoms with van der Waals surface area (Å²) >= 11 is 0. The molecule has 0 aliphatic rings. The van der Waals surface area contributed by atoms with Gasteiger partial charge in [0.25, 0.3) is 1.43 Å². The van der Waals surface area contributed by atoms with Gasteiger partial charge in [0.2, 0.25) is 0 Å². The van der Waals surface area contributed by atoms with Gasteiger partial charge in [0, 0.05) is 0 Å². The lowest BCUT2D eigenvalue weighted by atomic mass is 9.81. The van der Waals surface area contributed by atoms with E-state index >= 15 is 0 Å². The largest absolute Gasteiger partial charge is 0.481 e. The molecule has 0 aromatic heterocycles. The summed E-state index contributed by atoms with van der Waals surface area (Å²) in [5, 5.41) is 32.1. The Balaban J connectivity index is 4.19. The van der Waals surface area contributed by atoms with Gasteiger partial charge in [-0.05, 0) is 6.42 Å². The second-order valence-corrected chi connectivity index (χ2v) is 7.35. The van der Waals surface area contributed by atoms with E-state index in [0.717, 1.165) is 25.7 Å². The van der Waals surface area contributed by atoms with E-state index in [1.165, 1.54) is 44.9 Å². The first kappa shape index (κ1) is 23.4. The van der Waals surface area contributed by atoms with Crippen LogP contribution < -0.4 is 0 Å². The summed E-state index contributed by atoms with van der Waals surface area (Å²) in [6, 6.07) is 0. The zero-order chi connectivity index (χ0) is 21.4. The maximum atomic E-state index is 11.8. The summed E-state index contributed by atoms with van der Waals surface area (Å²) in [6.07, 6.45) is 12.0. The third kappa shape index (κ3) is 11.0. The van der Waals surface area contributed by atoms with Crippen molar-refractivity contribution < 1.29 is 34.8 Å². The summed E-state index contributed by atoms with van der Waals surface area (Å²) in [6.45, 7) is 2.20. The van der Waals surface area contributed by atoms with Crippen LogP contribution in [0.3, 0.4) is 0 Å². The second-order valence-electron chi connectivity index (χ2n) is 7.35. The lowest BCUT2D eigenvalue weighted by molar-refractivity contribution is -0.179. The summed E-state index contributed by atoms with van der Waals surface area (Å²) in [5.41, 5.74) is -2.78. The van der Waals surface area contributed by atoms with E-state index in [-0.39, 0.29) is 6.42 Å². The van der Waals surface area contributed by atoms with Crippen LogP contribution in [0.25, 0.3) is 1.43 Å². The summed E-state index contributed by atoms with van der Waals surface area (Å²) in [4.78, 5) is 34.0. The fraction of sp³-hybridized carbons (Fsp3) is 0.850. The molecule has 0 bridgehead atoms. The topological polar surface area (TPSA) is 132 Å². The van der Waals surface area contributed by atoms with Gasteiger partial charge in [-0.1, -0.05) is 84.0 Å². The smallest absolute Gasteiger partial charge is 0.337 e. The van der Waals surface area contributed by atoms with Crippen molar-refractivity contribution in [2.45, 2.75) is 102 Å². The number of unbranched alkanes of at least 4 members (excludes halogenated alkanes) is 11. The van der Waals surface area contributed by atoms with Crippen molar-refractivity contribution >= 4 is 17.9 Å². The Morgan fingerprint density at radius 1 is 0.852 bits per heavy atom. The van der Waals surface area contributed by atoms with Gasteiger partial charge in [-0.3, -0.25) is 9.59 Å². The van der Waals surface area contributed by atoms with Gasteiger partial charge in [-0.25, -0.2) is 4.79 Å². The molecule has 0 aromatic carbocycles. The fourth-order valence-corrected chi connectivity index (χ4v) is 3.32. The Morgan fingerprint density at radius 2 is 1.30 bits per heavy atom. The van der Waals surface area contributed by atoms with Crippen LogP contribution in [-0.4, -0.2) is 43.9 Å². The number of hydrogen-bond acceptors (Lipinski definition) is 5. The van der Waals surface area contributed by atoms with Crippen LogP contribution in [0.4, 0.5) is 0 Å². The van der Waals surface area contributed by atoms with Crippen LogP contribution in [0, 0.1) is 5.92 Å². The Labute approximate surface area is 163 Å². The molecule has 27 heavy (non-hydrogen) atoms. The minimum Gasteiger partial charge on any atom is -0.481 e. The van der Waals surface area contributed by atoms with Crippen molar-refractivity contribution in [3.63, 3.8) is 0 Å². The van der Waals surface area contributed by atoms with Crippen LogP contribution in [-0.2, 0) is 14.4 Å². The molecule has 158 valence electrons. The van der Waals surface area contributed by atoms with Crippen LogP contribution in [0.2, 0.25) is 0 Å². The molecule has 0 rings (SSSR count). The molecule has 4 N–H and O–H groups in total. The fourth-order valence-electron chi connectivity index (χ4n) is 3.32. The molecule has 0 saturated carbocycles. The number of hydrogen-bond donors (Lipinski definition) is 4. The first-order valence-electron chi connectivity index (χ1n) is 10.5. The Hall–Kier alpha value is -1.63. The minimum absolute atomic E-state index is 0.0365. The van der Waals surface area contributed by atoms with Gasteiger partial charge in [0.05, 0.1) is 12.3 Å². The van der Waals surface area contributed by atoms with Crippen LogP contribution in [0.1, 0.15) is 96.8 Å². The highest BCUT2D eigenvalue weighted by Crippen LogP contribution is 2.28. The molecule has 2 atom stereocenters. The zero-order valence-electron chi connectivity index (χ0n) is 17.5. The lowest BCUT2D eigenvalue weighted by Gasteiger charge is -2.28. The van der Waals surface area contributed by atoms with Gasteiger partial charge in [-0.15, -0.1) is 0 Å². The van der Waals surface area contributed by atoms with E-state index in [1.807, 2.05) is 0 Å². The first-order valence-corrected chi connectivity index (χ1v) is 10.1. The number of carboxylic acids is 3. The van der Waals surface area contributed by atoms with Crippen LogP contribution in [0.15, 0.2) is 0 Å². The third-order valence-corrected chi connectivity index (χ3v) is 5.00. The minimum atomic E-state index is -2.78. The predicted octanol–water partition coefficient (Wildman–Crippen LogP) is 4.07. The molecule has 0 amide bonds. The van der Waals surface area contributed by atoms with E-state index in [4.69, 9.17) is 6.54 Å². The molecule has 2 unspecified atom stereocenters. The van der Waals surface area contributed by atoms with Crippen molar-refractivity contribution in [2.75, 3.05) is 0 Å². The lowest BCUT2D eigenvalue weighted by Crippen LogP contribution is -2.50. The quantitative estimate of drug-likeness (QED) is 0.260. The van der Waals surface area contributed by atoms with E-state index in [9.17, 15) is 24.6 Å². The summed E-state index contributed by atoms with van der Waals surface area (Å²) < 4.78 is 6.71. The summed E-state index contributed by atoms with van der Waals surface area (Å²) in [7, 11) is 0. The maximum Gasteiger partial charge on any atom is 0.337 e. The highest BCUT2D eigenvalue weighted by Gasteiger charge is 2.49. The van der Waals surface area contributed by atoms with Crippen LogP contribution >= 0.6 is 0 Å². The van der Waals surface area contributed by atoms with E-state index in [0.29, 0.717) is 6.42 Å². The Kier molecular flexibility index (Phi) is 12.5. The van der Waals surface area contributed by atoms with Gasteiger partial charge in [-0.2, -0.15) is 0 Å². The third-order valence-electron chi connectivity index (χ3n) is 5.00. The monoisotopic (exact) mass is 389 g/mol. The molecule has 7 heteroatoms. The van der Waals surface area contributed by atoms with Gasteiger partial charge >= 0.3 is 17.9 Å². The van der Waals surface area contributed by atoms with E-state index in [2.05, 4.69) is 12.0 Å². The number of rotatable bonds is 18. The predicted molar refractivity (Wildman–Crippen MR) is 102 cm³/mol. The van der Waals surface area contributed by atoms with Crippen molar-refractivity contribution in [3.8, 4) is 0 Å². The average molecular weight is 390 g/mol. The molecule has 0 aliphatic heterocycles. The van der Waals surface area contributed by atoms with Gasteiger partial charge in [0.15, 0.2) is 5.60 Å². The van der Waals surface area contributed by atoms with Crippen LogP contribution in [0.5, 0.6) is 0 Å². The van der Waals surface area contributed by atoms with Crippen molar-refractivity contribution in [1.82, 2.24) is 0 Å². The van der Waals surface area contributed by atoms with Crippen molar-refractivity contribution in [2.24, 2.45) is 5.92 Å². The maximum absolute atomic E-state index is 11.8. The molecule has 0 heterocycles. The normalized spacial score (nSPS) is 14.8. The highest BCUT2D eigenvalue weighted by atomic mass is 16.4. The highest BCUT2D eigenvalue weighted by molar-refractivity contribution is 5.89. The zero-order valence-corrected chi connectivity index (χ0v) is 16.5. The average Bonchev–Trinajstić information content (AvgIpc) is 2.64. The Bertz CT molecular complexity index is 469. The number of carboxylic acid groups (broad SMARTS) is 3. The van der Waals surface area contributed by atoms with Gasteiger partial charge in [0.1, 0.15) is 0 Å². The SMILES string of the molecule is [2H]OC(=O)C(CCCCCCCCCCCCCC)C(O)(CC(=O)O)C(=O)O. The first-order chi connectivity index (χ1) is 13.3. The molecular weight excluding hydrogens is 352 g/mol. The number of aliphatic hydroxyl groups is 1. The van der Waals surface area contributed by atoms with Crippen molar-refractivity contribution in [1.29, 1.82) is 1.43 Å². The molecule has 7 nitrogen and oxygen atoms in total. The van der Waals surface area contributed by atoms with Gasteiger partial charge < -0.3 is 20.4 Å². The number of carbonyl (C=O) groups is 3. The van der Waals surface area contributed by atoms with E-state index < -0.39 is 35.8 Å². The Morgan fingerprint density at radius 3 is 1.67 bits per heavy atom. The number of aliphatic carboxylic acids is 3. The molecule has 0 aliphatic carbocycles. The second kappa shape index (κ2) is 14.4. The molecule has 0 aromatic rings.